The maximum atomic E-state index is 12.3. The van der Waals surface area contributed by atoms with Crippen molar-refractivity contribution in [3.8, 4) is 0 Å². The monoisotopic (exact) mass is 253 g/mol. The van der Waals surface area contributed by atoms with Crippen LogP contribution in [0.2, 0.25) is 0 Å². The van der Waals surface area contributed by atoms with Gasteiger partial charge in [0.1, 0.15) is 0 Å². The summed E-state index contributed by atoms with van der Waals surface area (Å²) >= 11 is 0. The summed E-state index contributed by atoms with van der Waals surface area (Å²) in [6, 6.07) is 0.412. The summed E-state index contributed by atoms with van der Waals surface area (Å²) in [4.78, 5) is 16.8. The van der Waals surface area contributed by atoms with Crippen LogP contribution in [0.4, 0.5) is 0 Å². The van der Waals surface area contributed by atoms with Crippen LogP contribution in [0, 0.1) is 0 Å². The number of amides is 1. The van der Waals surface area contributed by atoms with Crippen molar-refractivity contribution in [1.29, 1.82) is 0 Å². The van der Waals surface area contributed by atoms with Crippen molar-refractivity contribution in [2.75, 3.05) is 32.7 Å². The van der Waals surface area contributed by atoms with Crippen LogP contribution in [0.3, 0.4) is 0 Å². The van der Waals surface area contributed by atoms with Gasteiger partial charge in [-0.1, -0.05) is 0 Å². The molecule has 1 atom stereocenters. The number of piperidine rings is 1. The molecule has 0 aromatic rings. The number of likely N-dealkylation sites (tertiary alicyclic amines) is 2. The van der Waals surface area contributed by atoms with Crippen molar-refractivity contribution >= 4 is 5.91 Å². The molecule has 1 amide bonds. The molecule has 0 bridgehead atoms. The lowest BCUT2D eigenvalue weighted by atomic mass is 9.99. The van der Waals surface area contributed by atoms with Crippen LogP contribution in [0.25, 0.3) is 0 Å². The van der Waals surface area contributed by atoms with Crippen LogP contribution < -0.4 is 5.73 Å². The minimum absolute atomic E-state index is 0.347. The summed E-state index contributed by atoms with van der Waals surface area (Å²) in [6.07, 6.45) is 7.82. The van der Waals surface area contributed by atoms with Gasteiger partial charge in [-0.05, 0) is 58.2 Å². The molecule has 2 aliphatic heterocycles. The van der Waals surface area contributed by atoms with Crippen molar-refractivity contribution in [3.05, 3.63) is 0 Å². The van der Waals surface area contributed by atoms with Crippen molar-refractivity contribution in [3.63, 3.8) is 0 Å². The molecule has 4 heteroatoms. The lowest BCUT2D eigenvalue weighted by molar-refractivity contribution is -0.135. The molecule has 0 radical (unpaired) electrons. The zero-order valence-electron chi connectivity index (χ0n) is 11.4. The minimum Gasteiger partial charge on any atom is -0.340 e. The molecule has 0 aromatic carbocycles. The van der Waals surface area contributed by atoms with Crippen molar-refractivity contribution in [1.82, 2.24) is 9.80 Å². The zero-order valence-corrected chi connectivity index (χ0v) is 11.4. The largest absolute Gasteiger partial charge is 0.340 e. The normalized spacial score (nSPS) is 25.6. The molecule has 1 unspecified atom stereocenters. The van der Waals surface area contributed by atoms with Gasteiger partial charge in [-0.2, -0.15) is 0 Å². The molecular formula is C14H27N3O. The predicted molar refractivity (Wildman–Crippen MR) is 73.3 cm³/mol. The highest BCUT2D eigenvalue weighted by Crippen LogP contribution is 2.20. The van der Waals surface area contributed by atoms with Gasteiger partial charge < -0.3 is 15.5 Å². The average Bonchev–Trinajstić information content (AvgIpc) is 2.90. The second-order valence-electron chi connectivity index (χ2n) is 5.61. The van der Waals surface area contributed by atoms with Gasteiger partial charge >= 0.3 is 0 Å². The summed E-state index contributed by atoms with van der Waals surface area (Å²) in [5, 5.41) is 0. The topological polar surface area (TPSA) is 49.6 Å². The minimum atomic E-state index is 0.347. The molecule has 0 aromatic heterocycles. The quantitative estimate of drug-likeness (QED) is 0.801. The van der Waals surface area contributed by atoms with Crippen molar-refractivity contribution < 1.29 is 4.79 Å². The van der Waals surface area contributed by atoms with E-state index >= 15 is 0 Å². The second kappa shape index (κ2) is 7.10. The van der Waals surface area contributed by atoms with Gasteiger partial charge in [0, 0.05) is 25.6 Å². The Morgan fingerprint density at radius 1 is 1.11 bits per heavy atom. The van der Waals surface area contributed by atoms with E-state index in [4.69, 9.17) is 5.73 Å². The fraction of sp³-hybridized carbons (Fsp3) is 0.929. The van der Waals surface area contributed by atoms with Crippen molar-refractivity contribution in [2.45, 2.75) is 51.0 Å². The molecule has 18 heavy (non-hydrogen) atoms. The van der Waals surface area contributed by atoms with Gasteiger partial charge in [0.15, 0.2) is 0 Å². The van der Waals surface area contributed by atoms with Crippen molar-refractivity contribution in [2.24, 2.45) is 5.73 Å². The number of nitrogens with two attached hydrogens (primary N) is 1. The SMILES string of the molecule is NCCC1CCCCN1C(=O)CCN1CCCC1. The van der Waals surface area contributed by atoms with E-state index in [1.807, 2.05) is 0 Å². The maximum Gasteiger partial charge on any atom is 0.224 e. The highest BCUT2D eigenvalue weighted by molar-refractivity contribution is 5.76. The lowest BCUT2D eigenvalue weighted by Gasteiger charge is -2.36. The molecule has 2 heterocycles. The molecule has 0 spiro atoms. The first kappa shape index (κ1) is 13.8. The summed E-state index contributed by atoms with van der Waals surface area (Å²) in [5.74, 6) is 0.347. The van der Waals surface area contributed by atoms with Gasteiger partial charge in [-0.15, -0.1) is 0 Å². The first-order valence-corrected chi connectivity index (χ1v) is 7.53. The van der Waals surface area contributed by atoms with E-state index < -0.39 is 0 Å². The summed E-state index contributed by atoms with van der Waals surface area (Å²) in [7, 11) is 0. The van der Waals surface area contributed by atoms with E-state index in [0.29, 0.717) is 24.9 Å². The van der Waals surface area contributed by atoms with Crippen LogP contribution in [-0.4, -0.2) is 54.5 Å². The molecule has 2 aliphatic rings. The number of hydrogen-bond acceptors (Lipinski definition) is 3. The third kappa shape index (κ3) is 3.69. The number of carbonyl (C=O) groups is 1. The second-order valence-corrected chi connectivity index (χ2v) is 5.61. The van der Waals surface area contributed by atoms with E-state index in [1.165, 1.54) is 32.4 Å². The third-order valence-electron chi connectivity index (χ3n) is 4.29. The maximum absolute atomic E-state index is 12.3. The van der Waals surface area contributed by atoms with Crippen LogP contribution >= 0.6 is 0 Å². The molecule has 2 N–H and O–H groups in total. The Morgan fingerprint density at radius 3 is 2.56 bits per heavy atom. The number of nitrogens with zero attached hydrogens (tertiary/aromatic N) is 2. The van der Waals surface area contributed by atoms with Crippen LogP contribution in [0.1, 0.15) is 44.9 Å². The zero-order chi connectivity index (χ0) is 12.8. The van der Waals surface area contributed by atoms with Gasteiger partial charge in [-0.25, -0.2) is 0 Å². The molecule has 2 rings (SSSR count). The van der Waals surface area contributed by atoms with E-state index in [2.05, 4.69) is 9.80 Å². The van der Waals surface area contributed by atoms with E-state index in [9.17, 15) is 4.79 Å². The highest BCUT2D eigenvalue weighted by atomic mass is 16.2. The molecular weight excluding hydrogens is 226 g/mol. The smallest absolute Gasteiger partial charge is 0.224 e. The highest BCUT2D eigenvalue weighted by Gasteiger charge is 2.26. The van der Waals surface area contributed by atoms with Crippen LogP contribution in [0.15, 0.2) is 0 Å². The van der Waals surface area contributed by atoms with Crippen LogP contribution in [-0.2, 0) is 4.79 Å². The molecule has 104 valence electrons. The Balaban J connectivity index is 1.77. The number of carbonyl (C=O) groups excluding carboxylic acids is 1. The molecule has 2 fully saturated rings. The fourth-order valence-electron chi connectivity index (χ4n) is 3.23. The Bertz CT molecular complexity index is 262. The first-order valence-electron chi connectivity index (χ1n) is 7.53. The average molecular weight is 253 g/mol. The lowest BCUT2D eigenvalue weighted by Crippen LogP contribution is -2.45. The summed E-state index contributed by atoms with van der Waals surface area (Å²) in [6.45, 7) is 4.95. The number of rotatable bonds is 5. The summed E-state index contributed by atoms with van der Waals surface area (Å²) < 4.78 is 0. The third-order valence-corrected chi connectivity index (χ3v) is 4.29. The number of hydrogen-bond donors (Lipinski definition) is 1. The predicted octanol–water partition coefficient (Wildman–Crippen LogP) is 1.20. The van der Waals surface area contributed by atoms with Gasteiger partial charge in [0.25, 0.3) is 0 Å². The molecule has 0 saturated carbocycles. The Labute approximate surface area is 110 Å². The molecule has 0 aliphatic carbocycles. The van der Waals surface area contributed by atoms with Gasteiger partial charge in [0.2, 0.25) is 5.91 Å². The van der Waals surface area contributed by atoms with E-state index in [0.717, 1.165) is 32.4 Å². The molecule has 2 saturated heterocycles. The fourth-order valence-corrected chi connectivity index (χ4v) is 3.23. The Morgan fingerprint density at radius 2 is 1.83 bits per heavy atom. The summed E-state index contributed by atoms with van der Waals surface area (Å²) in [5.41, 5.74) is 5.65. The van der Waals surface area contributed by atoms with Gasteiger partial charge in [-0.3, -0.25) is 4.79 Å². The standard InChI is InChI=1S/C14H27N3O/c15-8-6-13-5-1-2-11-17(13)14(18)7-12-16-9-3-4-10-16/h13H,1-12,15H2. The Hall–Kier alpha value is -0.610. The van der Waals surface area contributed by atoms with E-state index in [-0.39, 0.29) is 0 Å². The van der Waals surface area contributed by atoms with Crippen LogP contribution in [0.5, 0.6) is 0 Å². The van der Waals surface area contributed by atoms with Gasteiger partial charge in [0.05, 0.1) is 0 Å². The first-order chi connectivity index (χ1) is 8.81. The molecule has 4 nitrogen and oxygen atoms in total. The Kier molecular flexibility index (Phi) is 5.45. The van der Waals surface area contributed by atoms with E-state index in [1.54, 1.807) is 0 Å².